The standard InChI is InChI=1S/C25H29BrF4N4O3SSi/c1-39(2,3)11-10-37-15-34-14-20(24(32-34)19-12-17(27)6-8-21(19)26)23(16-4-5-16)33-38(35,36)18-7-9-22(31-13-18)25(28,29)30/h6-9,12-14,16,23,33H,4-5,10-11,15H2,1-3H3/t23-/m1/s1. The van der Waals surface area contributed by atoms with Gasteiger partial charge >= 0.3 is 6.18 Å². The first kappa shape index (κ1) is 29.8. The van der Waals surface area contributed by atoms with Crippen molar-refractivity contribution in [2.24, 2.45) is 5.92 Å². The average Bonchev–Trinajstić information content (AvgIpc) is 3.60. The molecule has 39 heavy (non-hydrogen) atoms. The number of sulfonamides is 1. The molecule has 2 aromatic heterocycles. The van der Waals surface area contributed by atoms with Gasteiger partial charge in [0.05, 0.1) is 11.7 Å². The van der Waals surface area contributed by atoms with Crippen LogP contribution in [0.2, 0.25) is 25.7 Å². The van der Waals surface area contributed by atoms with E-state index in [0.29, 0.717) is 40.2 Å². The fraction of sp³-hybridized carbons (Fsp3) is 0.440. The second kappa shape index (κ2) is 11.4. The van der Waals surface area contributed by atoms with Crippen molar-refractivity contribution in [1.82, 2.24) is 19.5 Å². The highest BCUT2D eigenvalue weighted by atomic mass is 79.9. The Kier molecular flexibility index (Phi) is 8.72. The van der Waals surface area contributed by atoms with Crippen LogP contribution in [-0.4, -0.2) is 37.9 Å². The lowest BCUT2D eigenvalue weighted by Crippen LogP contribution is -2.30. The van der Waals surface area contributed by atoms with Crippen molar-refractivity contribution in [3.8, 4) is 11.3 Å². The number of pyridine rings is 1. The summed E-state index contributed by atoms with van der Waals surface area (Å²) in [6.07, 6.45) is -0.849. The molecule has 1 N–H and O–H groups in total. The van der Waals surface area contributed by atoms with Crippen LogP contribution in [0.5, 0.6) is 0 Å². The number of hydrogen-bond donors (Lipinski definition) is 1. The van der Waals surface area contributed by atoms with Gasteiger partial charge in [0.1, 0.15) is 23.1 Å². The van der Waals surface area contributed by atoms with E-state index in [1.165, 1.54) is 12.1 Å². The number of hydrogen-bond acceptors (Lipinski definition) is 5. The molecule has 1 aromatic carbocycles. The maximum absolute atomic E-state index is 14.2. The first-order valence-electron chi connectivity index (χ1n) is 12.3. The van der Waals surface area contributed by atoms with Crippen LogP contribution < -0.4 is 4.72 Å². The highest BCUT2D eigenvalue weighted by Crippen LogP contribution is 2.45. The van der Waals surface area contributed by atoms with Gasteiger partial charge in [-0.2, -0.15) is 18.3 Å². The second-order valence-corrected chi connectivity index (χ2v) is 18.9. The molecule has 0 amide bonds. The predicted molar refractivity (Wildman–Crippen MR) is 144 cm³/mol. The van der Waals surface area contributed by atoms with Gasteiger partial charge in [-0.05, 0) is 55.1 Å². The zero-order valence-corrected chi connectivity index (χ0v) is 25.0. The lowest BCUT2D eigenvalue weighted by molar-refractivity contribution is -0.141. The van der Waals surface area contributed by atoms with Gasteiger partial charge in [0.2, 0.25) is 10.0 Å². The molecular formula is C25H29BrF4N4O3SSi. The molecule has 0 spiro atoms. The molecule has 4 rings (SSSR count). The van der Waals surface area contributed by atoms with Crippen LogP contribution in [0.15, 0.2) is 52.1 Å². The van der Waals surface area contributed by atoms with Crippen LogP contribution in [0, 0.1) is 11.7 Å². The van der Waals surface area contributed by atoms with Crippen molar-refractivity contribution in [2.75, 3.05) is 6.61 Å². The summed E-state index contributed by atoms with van der Waals surface area (Å²) < 4.78 is 90.1. The van der Waals surface area contributed by atoms with Crippen molar-refractivity contribution in [3.63, 3.8) is 0 Å². The summed E-state index contributed by atoms with van der Waals surface area (Å²) in [5, 5.41) is 4.62. The van der Waals surface area contributed by atoms with E-state index >= 15 is 0 Å². The molecule has 0 bridgehead atoms. The van der Waals surface area contributed by atoms with E-state index in [9.17, 15) is 26.0 Å². The van der Waals surface area contributed by atoms with Crippen LogP contribution in [-0.2, 0) is 27.7 Å². The van der Waals surface area contributed by atoms with Crippen molar-refractivity contribution >= 4 is 34.0 Å². The number of alkyl halides is 3. The first-order chi connectivity index (χ1) is 18.1. The second-order valence-electron chi connectivity index (χ2n) is 10.8. The zero-order valence-electron chi connectivity index (χ0n) is 21.6. The van der Waals surface area contributed by atoms with Gasteiger partial charge < -0.3 is 4.74 Å². The van der Waals surface area contributed by atoms with Gasteiger partial charge in [-0.3, -0.25) is 4.98 Å². The molecule has 2 heterocycles. The van der Waals surface area contributed by atoms with E-state index in [1.54, 1.807) is 16.9 Å². The van der Waals surface area contributed by atoms with E-state index in [0.717, 1.165) is 25.0 Å². The maximum atomic E-state index is 14.2. The van der Waals surface area contributed by atoms with Gasteiger partial charge in [0.15, 0.2) is 0 Å². The molecule has 212 valence electrons. The molecule has 1 saturated carbocycles. The average molecular weight is 650 g/mol. The number of nitrogens with one attached hydrogen (secondary N) is 1. The molecule has 3 aromatic rings. The minimum atomic E-state index is -4.69. The van der Waals surface area contributed by atoms with Gasteiger partial charge in [0, 0.05) is 42.7 Å². The molecule has 0 aliphatic heterocycles. The summed E-state index contributed by atoms with van der Waals surface area (Å²) in [6.45, 7) is 7.38. The van der Waals surface area contributed by atoms with Crippen LogP contribution in [0.4, 0.5) is 17.6 Å². The van der Waals surface area contributed by atoms with Gasteiger partial charge in [0.25, 0.3) is 0 Å². The summed E-state index contributed by atoms with van der Waals surface area (Å²) >= 11 is 3.44. The van der Waals surface area contributed by atoms with E-state index < -0.39 is 46.7 Å². The highest BCUT2D eigenvalue weighted by molar-refractivity contribution is 9.10. The first-order valence-corrected chi connectivity index (χ1v) is 18.3. The minimum absolute atomic E-state index is 0.0706. The molecule has 0 radical (unpaired) electrons. The third-order valence-corrected chi connectivity index (χ3v) is 10.1. The molecule has 7 nitrogen and oxygen atoms in total. The number of aromatic nitrogens is 3. The van der Waals surface area contributed by atoms with Crippen molar-refractivity contribution in [2.45, 2.75) is 62.4 Å². The van der Waals surface area contributed by atoms with Crippen LogP contribution in [0.3, 0.4) is 0 Å². The molecule has 0 saturated heterocycles. The van der Waals surface area contributed by atoms with Gasteiger partial charge in [-0.15, -0.1) is 0 Å². The monoisotopic (exact) mass is 648 g/mol. The van der Waals surface area contributed by atoms with E-state index in [1.807, 2.05) is 0 Å². The number of rotatable bonds is 11. The molecule has 0 unspecified atom stereocenters. The Morgan fingerprint density at radius 2 is 1.92 bits per heavy atom. The van der Waals surface area contributed by atoms with Crippen molar-refractivity contribution < 1.29 is 30.7 Å². The number of nitrogens with zero attached hydrogens (tertiary/aromatic N) is 3. The Hall–Kier alpha value is -2.13. The smallest absolute Gasteiger partial charge is 0.360 e. The lowest BCUT2D eigenvalue weighted by Gasteiger charge is -2.19. The molecule has 1 aliphatic carbocycles. The summed E-state index contributed by atoms with van der Waals surface area (Å²) in [6, 6.07) is 5.86. The summed E-state index contributed by atoms with van der Waals surface area (Å²) in [5.41, 5.74) is 0.141. The van der Waals surface area contributed by atoms with Crippen LogP contribution in [0.25, 0.3) is 11.3 Å². The molecule has 14 heteroatoms. The summed E-state index contributed by atoms with van der Waals surface area (Å²) in [5.74, 6) is -0.557. The van der Waals surface area contributed by atoms with E-state index in [2.05, 4.69) is 50.4 Å². The van der Waals surface area contributed by atoms with Crippen LogP contribution >= 0.6 is 15.9 Å². The van der Waals surface area contributed by atoms with E-state index in [4.69, 9.17) is 4.74 Å². The Bertz CT molecular complexity index is 1420. The Morgan fingerprint density at radius 3 is 2.51 bits per heavy atom. The Labute approximate surface area is 234 Å². The maximum Gasteiger partial charge on any atom is 0.433 e. The fourth-order valence-electron chi connectivity index (χ4n) is 3.94. The Balaban J connectivity index is 1.68. The quantitative estimate of drug-likeness (QED) is 0.144. The molecular weight excluding hydrogens is 620 g/mol. The third-order valence-electron chi connectivity index (χ3n) is 6.24. The predicted octanol–water partition coefficient (Wildman–Crippen LogP) is 6.61. The van der Waals surface area contributed by atoms with Crippen molar-refractivity contribution in [3.05, 3.63) is 64.3 Å². The SMILES string of the molecule is C[Si](C)(C)CCOCn1cc([C@H](NS(=O)(=O)c2ccc(C(F)(F)F)nc2)C2CC2)c(-c2cc(F)ccc2Br)n1. The minimum Gasteiger partial charge on any atom is -0.360 e. The van der Waals surface area contributed by atoms with Gasteiger partial charge in [-0.25, -0.2) is 22.2 Å². The summed E-state index contributed by atoms with van der Waals surface area (Å²) in [7, 11) is -5.56. The number of halogens is 5. The number of benzene rings is 1. The van der Waals surface area contributed by atoms with E-state index in [-0.39, 0.29) is 12.6 Å². The van der Waals surface area contributed by atoms with Crippen molar-refractivity contribution in [1.29, 1.82) is 0 Å². The molecule has 1 atom stereocenters. The number of ether oxygens (including phenoxy) is 1. The lowest BCUT2D eigenvalue weighted by atomic mass is 10.00. The molecule has 1 fully saturated rings. The van der Waals surface area contributed by atoms with Gasteiger partial charge in [-0.1, -0.05) is 35.6 Å². The normalized spacial score (nSPS) is 15.5. The Morgan fingerprint density at radius 1 is 1.21 bits per heavy atom. The molecule has 1 aliphatic rings. The highest BCUT2D eigenvalue weighted by Gasteiger charge is 2.39. The fourth-order valence-corrected chi connectivity index (χ4v) is 6.36. The third kappa shape index (κ3) is 7.75. The topological polar surface area (TPSA) is 86.1 Å². The summed E-state index contributed by atoms with van der Waals surface area (Å²) in [4.78, 5) is 2.89. The largest absolute Gasteiger partial charge is 0.433 e. The zero-order chi connectivity index (χ0) is 28.6. The van der Waals surface area contributed by atoms with Crippen LogP contribution in [0.1, 0.15) is 30.1 Å².